The minimum Gasteiger partial charge on any atom is -0.494 e. The molecule has 0 N–H and O–H groups in total. The average Bonchev–Trinajstić information content (AvgIpc) is 3.05. The summed E-state index contributed by atoms with van der Waals surface area (Å²) in [5.74, 6) is 0.262. The molecule has 0 bridgehead atoms. The van der Waals surface area contributed by atoms with Crippen LogP contribution in [0.1, 0.15) is 36.2 Å². The molecule has 30 heavy (non-hydrogen) atoms. The van der Waals surface area contributed by atoms with Gasteiger partial charge in [0, 0.05) is 6.54 Å². The molecule has 1 fully saturated rings. The number of nitrogens with zero attached hydrogens (tertiary/aromatic N) is 2. The Morgan fingerprint density at radius 3 is 2.70 bits per heavy atom. The van der Waals surface area contributed by atoms with E-state index >= 15 is 0 Å². The highest BCUT2D eigenvalue weighted by Gasteiger charge is 2.32. The van der Waals surface area contributed by atoms with E-state index in [0.717, 1.165) is 17.7 Å². The Hall–Kier alpha value is -3.06. The van der Waals surface area contributed by atoms with E-state index in [4.69, 9.17) is 9.47 Å². The van der Waals surface area contributed by atoms with E-state index in [1.165, 1.54) is 18.9 Å². The molecule has 1 aliphatic rings. The van der Waals surface area contributed by atoms with Gasteiger partial charge in [-0.1, -0.05) is 25.1 Å². The Bertz CT molecular complexity index is 1000. The number of thioether (sulfide) groups is 1. The van der Waals surface area contributed by atoms with Gasteiger partial charge >= 0.3 is 5.97 Å². The summed E-state index contributed by atoms with van der Waals surface area (Å²) >= 11 is 1.32. The predicted octanol–water partition coefficient (Wildman–Crippen LogP) is 4.89. The molecule has 156 valence electrons. The standard InChI is InChI=1S/C23H24N2O4S/c1-4-12-29-19-11-6-8-16(13-19)14-20-21(26)25(5-2)23(30-20)24-18-10-7-9-17(15-18)22(27)28-3/h6-11,13-15H,4-5,12H2,1-3H3. The van der Waals surface area contributed by atoms with Gasteiger partial charge < -0.3 is 9.47 Å². The van der Waals surface area contributed by atoms with Crippen LogP contribution in [0.25, 0.3) is 6.08 Å². The summed E-state index contributed by atoms with van der Waals surface area (Å²) in [6.07, 6.45) is 2.78. The zero-order valence-electron chi connectivity index (χ0n) is 17.3. The molecule has 0 unspecified atom stereocenters. The number of amides is 1. The fourth-order valence-electron chi connectivity index (χ4n) is 2.87. The van der Waals surface area contributed by atoms with Crippen molar-refractivity contribution in [3.05, 3.63) is 64.6 Å². The third-order valence-electron chi connectivity index (χ3n) is 4.33. The van der Waals surface area contributed by atoms with Crippen molar-refractivity contribution < 1.29 is 19.1 Å². The molecule has 3 rings (SSSR count). The molecule has 2 aromatic rings. The maximum absolute atomic E-state index is 12.9. The second-order valence-corrected chi connectivity index (χ2v) is 7.53. The summed E-state index contributed by atoms with van der Waals surface area (Å²) in [5.41, 5.74) is 1.89. The topological polar surface area (TPSA) is 68.2 Å². The van der Waals surface area contributed by atoms with Crippen LogP contribution >= 0.6 is 11.8 Å². The predicted molar refractivity (Wildman–Crippen MR) is 120 cm³/mol. The number of carbonyl (C=O) groups excluding carboxylic acids is 2. The number of rotatable bonds is 7. The minimum atomic E-state index is -0.426. The second-order valence-electron chi connectivity index (χ2n) is 6.52. The molecule has 7 heteroatoms. The van der Waals surface area contributed by atoms with Gasteiger partial charge in [0.1, 0.15) is 5.75 Å². The van der Waals surface area contributed by atoms with E-state index in [9.17, 15) is 9.59 Å². The first-order valence-electron chi connectivity index (χ1n) is 9.77. The quantitative estimate of drug-likeness (QED) is 0.468. The third kappa shape index (κ3) is 5.10. The molecular formula is C23H24N2O4S. The molecular weight excluding hydrogens is 400 g/mol. The van der Waals surface area contributed by atoms with Crippen molar-refractivity contribution in [2.75, 3.05) is 20.3 Å². The highest BCUT2D eigenvalue weighted by Crippen LogP contribution is 2.34. The Morgan fingerprint density at radius 2 is 1.97 bits per heavy atom. The normalized spacial score (nSPS) is 16.4. The summed E-state index contributed by atoms with van der Waals surface area (Å²) in [7, 11) is 1.34. The van der Waals surface area contributed by atoms with Crippen LogP contribution in [0.2, 0.25) is 0 Å². The highest BCUT2D eigenvalue weighted by atomic mass is 32.2. The molecule has 2 aromatic carbocycles. The first-order chi connectivity index (χ1) is 14.5. The summed E-state index contributed by atoms with van der Waals surface area (Å²) in [6, 6.07) is 14.5. The number of hydrogen-bond acceptors (Lipinski definition) is 6. The number of carbonyl (C=O) groups is 2. The number of likely N-dealkylation sites (N-methyl/N-ethyl adjacent to an activating group) is 1. The van der Waals surface area contributed by atoms with Crippen molar-refractivity contribution in [2.24, 2.45) is 4.99 Å². The van der Waals surface area contributed by atoms with Gasteiger partial charge in [-0.25, -0.2) is 9.79 Å². The summed E-state index contributed by atoms with van der Waals surface area (Å²) in [5, 5.41) is 0.578. The van der Waals surface area contributed by atoms with Crippen molar-refractivity contribution >= 4 is 40.6 Å². The second kappa shape index (κ2) is 10.1. The van der Waals surface area contributed by atoms with Crippen molar-refractivity contribution in [3.63, 3.8) is 0 Å². The van der Waals surface area contributed by atoms with E-state index < -0.39 is 5.97 Å². The van der Waals surface area contributed by atoms with Gasteiger partial charge in [0.15, 0.2) is 5.17 Å². The van der Waals surface area contributed by atoms with E-state index in [2.05, 4.69) is 11.9 Å². The molecule has 0 aromatic heterocycles. The molecule has 0 saturated carbocycles. The smallest absolute Gasteiger partial charge is 0.337 e. The Kier molecular flexibility index (Phi) is 7.30. The SMILES string of the molecule is CCCOc1cccc(C=C2SC(=Nc3cccc(C(=O)OC)c3)N(CC)C2=O)c1. The van der Waals surface area contributed by atoms with E-state index in [-0.39, 0.29) is 5.91 Å². The van der Waals surface area contributed by atoms with Crippen LogP contribution in [-0.4, -0.2) is 42.2 Å². The number of esters is 1. The van der Waals surface area contributed by atoms with E-state index in [1.54, 1.807) is 29.2 Å². The van der Waals surface area contributed by atoms with Crippen LogP contribution in [0, 0.1) is 0 Å². The Labute approximate surface area is 180 Å². The molecule has 1 saturated heterocycles. The lowest BCUT2D eigenvalue weighted by molar-refractivity contribution is -0.122. The molecule has 0 radical (unpaired) electrons. The molecule has 1 aliphatic heterocycles. The van der Waals surface area contributed by atoms with Gasteiger partial charge in [-0.15, -0.1) is 0 Å². The van der Waals surface area contributed by atoms with Crippen LogP contribution in [0.3, 0.4) is 0 Å². The summed E-state index contributed by atoms with van der Waals surface area (Å²) < 4.78 is 10.4. The molecule has 1 amide bonds. The maximum Gasteiger partial charge on any atom is 0.337 e. The van der Waals surface area contributed by atoms with Crippen molar-refractivity contribution in [2.45, 2.75) is 20.3 Å². The van der Waals surface area contributed by atoms with Gasteiger partial charge in [-0.2, -0.15) is 0 Å². The highest BCUT2D eigenvalue weighted by molar-refractivity contribution is 8.18. The van der Waals surface area contributed by atoms with Gasteiger partial charge in [0.25, 0.3) is 5.91 Å². The number of amidine groups is 1. The molecule has 6 nitrogen and oxygen atoms in total. The fourth-order valence-corrected chi connectivity index (χ4v) is 3.93. The lowest BCUT2D eigenvalue weighted by Gasteiger charge is -2.12. The molecule has 0 atom stereocenters. The number of hydrogen-bond donors (Lipinski definition) is 0. The zero-order chi connectivity index (χ0) is 21.5. The largest absolute Gasteiger partial charge is 0.494 e. The Balaban J connectivity index is 1.87. The monoisotopic (exact) mass is 424 g/mol. The van der Waals surface area contributed by atoms with Crippen LogP contribution in [0.4, 0.5) is 5.69 Å². The van der Waals surface area contributed by atoms with E-state index in [0.29, 0.717) is 34.5 Å². The fraction of sp³-hybridized carbons (Fsp3) is 0.261. The van der Waals surface area contributed by atoms with E-state index in [1.807, 2.05) is 37.3 Å². The minimum absolute atomic E-state index is 0.0924. The number of benzene rings is 2. The van der Waals surface area contributed by atoms with Crippen molar-refractivity contribution in [1.29, 1.82) is 0 Å². The summed E-state index contributed by atoms with van der Waals surface area (Å²) in [4.78, 5) is 31.4. The van der Waals surface area contributed by atoms with Crippen LogP contribution in [-0.2, 0) is 9.53 Å². The van der Waals surface area contributed by atoms with Gasteiger partial charge in [-0.3, -0.25) is 9.69 Å². The van der Waals surface area contributed by atoms with Crippen LogP contribution in [0.15, 0.2) is 58.4 Å². The Morgan fingerprint density at radius 1 is 1.17 bits per heavy atom. The third-order valence-corrected chi connectivity index (χ3v) is 5.33. The molecule has 0 spiro atoms. The number of aliphatic imine (C=N–C) groups is 1. The van der Waals surface area contributed by atoms with Crippen molar-refractivity contribution in [1.82, 2.24) is 4.90 Å². The summed E-state index contributed by atoms with van der Waals surface area (Å²) in [6.45, 7) is 5.11. The number of methoxy groups -OCH3 is 1. The van der Waals surface area contributed by atoms with Gasteiger partial charge in [-0.05, 0) is 67.1 Å². The van der Waals surface area contributed by atoms with Crippen molar-refractivity contribution in [3.8, 4) is 5.75 Å². The lowest BCUT2D eigenvalue weighted by Crippen LogP contribution is -2.28. The van der Waals surface area contributed by atoms with Gasteiger partial charge in [0.2, 0.25) is 0 Å². The van der Waals surface area contributed by atoms with Crippen LogP contribution < -0.4 is 4.74 Å². The lowest BCUT2D eigenvalue weighted by atomic mass is 10.2. The number of ether oxygens (including phenoxy) is 2. The first-order valence-corrected chi connectivity index (χ1v) is 10.6. The average molecular weight is 425 g/mol. The molecule has 1 heterocycles. The van der Waals surface area contributed by atoms with Gasteiger partial charge in [0.05, 0.1) is 29.9 Å². The first kappa shape index (κ1) is 21.6. The zero-order valence-corrected chi connectivity index (χ0v) is 18.1. The molecule has 0 aliphatic carbocycles. The van der Waals surface area contributed by atoms with Crippen LogP contribution in [0.5, 0.6) is 5.75 Å². The maximum atomic E-state index is 12.9.